The molecule has 0 fully saturated rings. The second-order valence-electron chi connectivity index (χ2n) is 5.63. The summed E-state index contributed by atoms with van der Waals surface area (Å²) < 4.78 is 38.9. The van der Waals surface area contributed by atoms with Gasteiger partial charge in [0.15, 0.2) is 0 Å². The predicted octanol–water partition coefficient (Wildman–Crippen LogP) is 4.79. The number of anilines is 1. The SMILES string of the molecule is Cc1ccc(CNC(=O)CCNc2ccc(Cl)cc2C(F)(F)F)cc1. The Morgan fingerprint density at radius 2 is 1.80 bits per heavy atom. The fourth-order valence-corrected chi connectivity index (χ4v) is 2.38. The van der Waals surface area contributed by atoms with Crippen LogP contribution in [0.3, 0.4) is 0 Å². The Hall–Kier alpha value is -2.21. The van der Waals surface area contributed by atoms with E-state index in [1.54, 1.807) is 0 Å². The van der Waals surface area contributed by atoms with Crippen molar-refractivity contribution in [2.24, 2.45) is 0 Å². The van der Waals surface area contributed by atoms with E-state index >= 15 is 0 Å². The van der Waals surface area contributed by atoms with E-state index in [0.29, 0.717) is 6.54 Å². The van der Waals surface area contributed by atoms with E-state index in [2.05, 4.69) is 10.6 Å². The third-order valence-electron chi connectivity index (χ3n) is 3.56. The summed E-state index contributed by atoms with van der Waals surface area (Å²) in [7, 11) is 0. The van der Waals surface area contributed by atoms with E-state index in [0.717, 1.165) is 17.2 Å². The second-order valence-corrected chi connectivity index (χ2v) is 6.06. The number of nitrogens with one attached hydrogen (secondary N) is 2. The normalized spacial score (nSPS) is 11.2. The summed E-state index contributed by atoms with van der Waals surface area (Å²) in [6, 6.07) is 11.2. The van der Waals surface area contributed by atoms with Crippen LogP contribution in [0.2, 0.25) is 5.02 Å². The van der Waals surface area contributed by atoms with Crippen LogP contribution >= 0.6 is 11.6 Å². The predicted molar refractivity (Wildman–Crippen MR) is 92.6 cm³/mol. The van der Waals surface area contributed by atoms with Crippen LogP contribution in [0.5, 0.6) is 0 Å². The van der Waals surface area contributed by atoms with Crippen molar-refractivity contribution in [1.82, 2.24) is 5.32 Å². The molecule has 2 aromatic carbocycles. The third-order valence-corrected chi connectivity index (χ3v) is 3.80. The molecule has 2 aromatic rings. The highest BCUT2D eigenvalue weighted by atomic mass is 35.5. The number of carbonyl (C=O) groups is 1. The number of alkyl halides is 3. The van der Waals surface area contributed by atoms with Crippen molar-refractivity contribution >= 4 is 23.2 Å². The van der Waals surface area contributed by atoms with Crippen LogP contribution < -0.4 is 10.6 Å². The average molecular weight is 371 g/mol. The number of carbonyl (C=O) groups excluding carboxylic acids is 1. The van der Waals surface area contributed by atoms with Gasteiger partial charge in [0.2, 0.25) is 5.91 Å². The summed E-state index contributed by atoms with van der Waals surface area (Å²) in [5.41, 5.74) is 1.15. The van der Waals surface area contributed by atoms with Gasteiger partial charge in [-0.15, -0.1) is 0 Å². The van der Waals surface area contributed by atoms with Crippen molar-refractivity contribution in [2.45, 2.75) is 26.1 Å². The highest BCUT2D eigenvalue weighted by Gasteiger charge is 2.33. The summed E-state index contributed by atoms with van der Waals surface area (Å²) in [5.74, 6) is -0.240. The number of aryl methyl sites for hydroxylation is 1. The standard InChI is InChI=1S/C18H18ClF3N2O/c1-12-2-4-13(5-3-12)11-24-17(25)8-9-23-16-7-6-14(19)10-15(16)18(20,21)22/h2-7,10,23H,8-9,11H2,1H3,(H,24,25). The molecule has 0 heterocycles. The quantitative estimate of drug-likeness (QED) is 0.768. The maximum absolute atomic E-state index is 13.0. The molecule has 0 aliphatic heterocycles. The smallest absolute Gasteiger partial charge is 0.384 e. The molecule has 3 nitrogen and oxygen atoms in total. The maximum Gasteiger partial charge on any atom is 0.418 e. The molecule has 0 bridgehead atoms. The van der Waals surface area contributed by atoms with Gasteiger partial charge in [-0.2, -0.15) is 13.2 Å². The van der Waals surface area contributed by atoms with Crippen LogP contribution in [0, 0.1) is 6.92 Å². The summed E-state index contributed by atoms with van der Waals surface area (Å²) in [4.78, 5) is 11.8. The van der Waals surface area contributed by atoms with Gasteiger partial charge in [-0.1, -0.05) is 41.4 Å². The molecule has 0 radical (unpaired) electrons. The van der Waals surface area contributed by atoms with Gasteiger partial charge in [-0.25, -0.2) is 0 Å². The van der Waals surface area contributed by atoms with Crippen LogP contribution in [-0.2, 0) is 17.5 Å². The highest BCUT2D eigenvalue weighted by molar-refractivity contribution is 6.30. The third kappa shape index (κ3) is 5.98. The number of amides is 1. The molecule has 0 unspecified atom stereocenters. The average Bonchev–Trinajstić information content (AvgIpc) is 2.55. The molecule has 25 heavy (non-hydrogen) atoms. The van der Waals surface area contributed by atoms with Crippen molar-refractivity contribution in [3.63, 3.8) is 0 Å². The Morgan fingerprint density at radius 3 is 2.44 bits per heavy atom. The number of halogens is 4. The van der Waals surface area contributed by atoms with Gasteiger partial charge < -0.3 is 10.6 Å². The monoisotopic (exact) mass is 370 g/mol. The number of hydrogen-bond donors (Lipinski definition) is 2. The maximum atomic E-state index is 13.0. The number of benzene rings is 2. The lowest BCUT2D eigenvalue weighted by Crippen LogP contribution is -2.25. The summed E-state index contributed by atoms with van der Waals surface area (Å²) in [6.07, 6.45) is -4.45. The van der Waals surface area contributed by atoms with Crippen molar-refractivity contribution in [2.75, 3.05) is 11.9 Å². The minimum atomic E-state index is -4.51. The first-order valence-electron chi connectivity index (χ1n) is 7.68. The second kappa shape index (κ2) is 8.25. The fraction of sp³-hybridized carbons (Fsp3) is 0.278. The largest absolute Gasteiger partial charge is 0.418 e. The van der Waals surface area contributed by atoms with E-state index in [9.17, 15) is 18.0 Å². The molecule has 7 heteroatoms. The Morgan fingerprint density at radius 1 is 1.12 bits per heavy atom. The first-order chi connectivity index (χ1) is 11.8. The van der Waals surface area contributed by atoms with Crippen molar-refractivity contribution in [3.8, 4) is 0 Å². The summed E-state index contributed by atoms with van der Waals surface area (Å²) in [6.45, 7) is 2.44. The Kier molecular flexibility index (Phi) is 6.31. The molecule has 134 valence electrons. The molecule has 0 aromatic heterocycles. The molecular weight excluding hydrogens is 353 g/mol. The van der Waals surface area contributed by atoms with Gasteiger partial charge in [-0.05, 0) is 30.7 Å². The van der Waals surface area contributed by atoms with Crippen LogP contribution in [0.1, 0.15) is 23.1 Å². The van der Waals surface area contributed by atoms with Crippen LogP contribution in [0.25, 0.3) is 0 Å². The molecular formula is C18H18ClF3N2O. The van der Waals surface area contributed by atoms with E-state index in [1.165, 1.54) is 12.1 Å². The molecule has 2 rings (SSSR count). The van der Waals surface area contributed by atoms with Crippen molar-refractivity contribution in [3.05, 3.63) is 64.2 Å². The molecule has 0 atom stereocenters. The van der Waals surface area contributed by atoms with E-state index < -0.39 is 11.7 Å². The number of rotatable bonds is 6. The molecule has 1 amide bonds. The lowest BCUT2D eigenvalue weighted by Gasteiger charge is -2.15. The van der Waals surface area contributed by atoms with Gasteiger partial charge in [-0.3, -0.25) is 4.79 Å². The molecule has 0 spiro atoms. The van der Waals surface area contributed by atoms with E-state index in [1.807, 2.05) is 31.2 Å². The van der Waals surface area contributed by atoms with Gasteiger partial charge in [0, 0.05) is 30.2 Å². The lowest BCUT2D eigenvalue weighted by atomic mass is 10.1. The number of hydrogen-bond acceptors (Lipinski definition) is 2. The van der Waals surface area contributed by atoms with Crippen LogP contribution in [0.4, 0.5) is 18.9 Å². The summed E-state index contributed by atoms with van der Waals surface area (Å²) >= 11 is 5.62. The van der Waals surface area contributed by atoms with Crippen LogP contribution in [-0.4, -0.2) is 12.5 Å². The zero-order chi connectivity index (χ0) is 18.4. The van der Waals surface area contributed by atoms with Gasteiger partial charge >= 0.3 is 6.18 Å². The topological polar surface area (TPSA) is 41.1 Å². The first kappa shape index (κ1) is 19.1. The summed E-state index contributed by atoms with van der Waals surface area (Å²) in [5, 5.41) is 5.39. The molecule has 0 aliphatic rings. The molecule has 2 N–H and O–H groups in total. The molecule has 0 saturated heterocycles. The first-order valence-corrected chi connectivity index (χ1v) is 8.06. The highest BCUT2D eigenvalue weighted by Crippen LogP contribution is 2.36. The zero-order valence-electron chi connectivity index (χ0n) is 13.6. The Balaban J connectivity index is 1.84. The van der Waals surface area contributed by atoms with E-state index in [4.69, 9.17) is 11.6 Å². The van der Waals surface area contributed by atoms with Crippen molar-refractivity contribution < 1.29 is 18.0 Å². The Bertz CT molecular complexity index is 730. The van der Waals surface area contributed by atoms with Crippen molar-refractivity contribution in [1.29, 1.82) is 0 Å². The molecule has 0 aliphatic carbocycles. The van der Waals surface area contributed by atoms with E-state index in [-0.39, 0.29) is 29.6 Å². The Labute approximate surface area is 149 Å². The van der Waals surface area contributed by atoms with Crippen LogP contribution in [0.15, 0.2) is 42.5 Å². The molecule has 0 saturated carbocycles. The minimum absolute atomic E-state index is 0.00807. The lowest BCUT2D eigenvalue weighted by molar-refractivity contribution is -0.137. The van der Waals surface area contributed by atoms with Gasteiger partial charge in [0.05, 0.1) is 5.56 Å². The minimum Gasteiger partial charge on any atom is -0.384 e. The van der Waals surface area contributed by atoms with Gasteiger partial charge in [0.25, 0.3) is 0 Å². The zero-order valence-corrected chi connectivity index (χ0v) is 14.3. The fourth-order valence-electron chi connectivity index (χ4n) is 2.21. The van der Waals surface area contributed by atoms with Gasteiger partial charge in [0.1, 0.15) is 0 Å².